The van der Waals surface area contributed by atoms with E-state index in [0.29, 0.717) is 11.8 Å². The Morgan fingerprint density at radius 2 is 2.08 bits per heavy atom. The second kappa shape index (κ2) is 7.70. The summed E-state index contributed by atoms with van der Waals surface area (Å²) in [6, 6.07) is 3.17. The first kappa shape index (κ1) is 18.3. The molecule has 0 aliphatic heterocycles. The molecule has 24 heavy (non-hydrogen) atoms. The van der Waals surface area contributed by atoms with Crippen molar-refractivity contribution in [3.63, 3.8) is 0 Å². The Bertz CT molecular complexity index is 623. The van der Waals surface area contributed by atoms with E-state index < -0.39 is 22.5 Å². The summed E-state index contributed by atoms with van der Waals surface area (Å²) in [4.78, 5) is 22.3. The fourth-order valence-electron chi connectivity index (χ4n) is 3.19. The molecule has 0 heterocycles. The van der Waals surface area contributed by atoms with Crippen LogP contribution in [0.2, 0.25) is 0 Å². The van der Waals surface area contributed by atoms with Gasteiger partial charge in [0.05, 0.1) is 11.0 Å². The molecule has 132 valence electrons. The molecule has 0 spiro atoms. The van der Waals surface area contributed by atoms with Gasteiger partial charge >= 0.3 is 5.69 Å². The Morgan fingerprint density at radius 3 is 2.75 bits per heavy atom. The number of nitro benzene ring substituents is 1. The second-order valence-electron chi connectivity index (χ2n) is 6.67. The minimum atomic E-state index is -0.922. The summed E-state index contributed by atoms with van der Waals surface area (Å²) < 4.78 is 13.3. The number of carbonyl (C=O) groups is 1. The SMILES string of the molecule is C[C@@H]1[C@@H](C)CCC[C@H]1N[C@@H](C)C(=O)Nc1ccc(F)c([N+](=O)[O-])c1. The smallest absolute Gasteiger partial charge is 0.306 e. The van der Waals surface area contributed by atoms with Crippen LogP contribution in [0.1, 0.15) is 40.0 Å². The van der Waals surface area contributed by atoms with Crippen LogP contribution in [0, 0.1) is 27.8 Å². The van der Waals surface area contributed by atoms with Crippen molar-refractivity contribution in [3.05, 3.63) is 34.1 Å². The van der Waals surface area contributed by atoms with Gasteiger partial charge in [-0.25, -0.2) is 0 Å². The van der Waals surface area contributed by atoms with Crippen molar-refractivity contribution in [2.24, 2.45) is 11.8 Å². The van der Waals surface area contributed by atoms with Crippen LogP contribution in [0.4, 0.5) is 15.8 Å². The molecule has 1 aliphatic carbocycles. The molecule has 1 aromatic rings. The molecule has 2 rings (SSSR count). The number of amides is 1. The van der Waals surface area contributed by atoms with Crippen molar-refractivity contribution in [2.75, 3.05) is 5.32 Å². The predicted molar refractivity (Wildman–Crippen MR) is 90.2 cm³/mol. The van der Waals surface area contributed by atoms with E-state index in [1.165, 1.54) is 12.5 Å². The van der Waals surface area contributed by atoms with E-state index in [-0.39, 0.29) is 17.6 Å². The third kappa shape index (κ3) is 4.29. The van der Waals surface area contributed by atoms with E-state index in [4.69, 9.17) is 0 Å². The summed E-state index contributed by atoms with van der Waals surface area (Å²) in [7, 11) is 0. The van der Waals surface area contributed by atoms with Gasteiger partial charge in [0.15, 0.2) is 0 Å². The molecule has 1 amide bonds. The first-order valence-corrected chi connectivity index (χ1v) is 8.30. The largest absolute Gasteiger partial charge is 0.324 e. The third-order valence-electron chi connectivity index (χ3n) is 4.97. The van der Waals surface area contributed by atoms with Gasteiger partial charge in [-0.2, -0.15) is 4.39 Å². The normalized spacial score (nSPS) is 25.1. The predicted octanol–water partition coefficient (Wildman–Crippen LogP) is 3.48. The molecule has 1 aromatic carbocycles. The van der Waals surface area contributed by atoms with E-state index >= 15 is 0 Å². The van der Waals surface area contributed by atoms with E-state index in [2.05, 4.69) is 24.5 Å². The van der Waals surface area contributed by atoms with Gasteiger partial charge in [-0.05, 0) is 37.3 Å². The van der Waals surface area contributed by atoms with E-state index in [0.717, 1.165) is 25.0 Å². The number of nitrogens with zero attached hydrogens (tertiary/aromatic N) is 1. The van der Waals surface area contributed by atoms with Crippen molar-refractivity contribution in [2.45, 2.75) is 52.1 Å². The number of hydrogen-bond acceptors (Lipinski definition) is 4. The number of anilines is 1. The van der Waals surface area contributed by atoms with Gasteiger partial charge in [-0.3, -0.25) is 14.9 Å². The van der Waals surface area contributed by atoms with E-state index in [1.54, 1.807) is 6.92 Å². The second-order valence-corrected chi connectivity index (χ2v) is 6.67. The lowest BCUT2D eigenvalue weighted by Crippen LogP contribution is -2.49. The highest BCUT2D eigenvalue weighted by Gasteiger charge is 2.29. The molecule has 0 saturated heterocycles. The average Bonchev–Trinajstić information content (AvgIpc) is 2.53. The number of rotatable bonds is 5. The Labute approximate surface area is 141 Å². The van der Waals surface area contributed by atoms with Crippen molar-refractivity contribution >= 4 is 17.3 Å². The van der Waals surface area contributed by atoms with Crippen LogP contribution in [0.15, 0.2) is 18.2 Å². The van der Waals surface area contributed by atoms with Crippen LogP contribution in [0.3, 0.4) is 0 Å². The zero-order chi connectivity index (χ0) is 17.9. The Hall–Kier alpha value is -2.02. The highest BCUT2D eigenvalue weighted by molar-refractivity contribution is 5.94. The monoisotopic (exact) mass is 337 g/mol. The highest BCUT2D eigenvalue weighted by atomic mass is 19.1. The number of carbonyl (C=O) groups excluding carboxylic acids is 1. The van der Waals surface area contributed by atoms with Crippen LogP contribution in [-0.2, 0) is 4.79 Å². The average molecular weight is 337 g/mol. The lowest BCUT2D eigenvalue weighted by Gasteiger charge is -2.36. The fraction of sp³-hybridized carbons (Fsp3) is 0.588. The molecule has 1 fully saturated rings. The van der Waals surface area contributed by atoms with Crippen molar-refractivity contribution in [3.8, 4) is 0 Å². The van der Waals surface area contributed by atoms with Gasteiger partial charge in [-0.15, -0.1) is 0 Å². The quantitative estimate of drug-likeness (QED) is 0.636. The molecule has 1 aliphatic rings. The number of hydrogen-bond donors (Lipinski definition) is 2. The first-order chi connectivity index (χ1) is 11.3. The minimum Gasteiger partial charge on any atom is -0.324 e. The maximum absolute atomic E-state index is 13.3. The first-order valence-electron chi connectivity index (χ1n) is 8.30. The summed E-state index contributed by atoms with van der Waals surface area (Å²) in [6.07, 6.45) is 3.38. The lowest BCUT2D eigenvalue weighted by atomic mass is 9.78. The summed E-state index contributed by atoms with van der Waals surface area (Å²) in [5.74, 6) is -0.109. The van der Waals surface area contributed by atoms with Crippen LogP contribution in [0.25, 0.3) is 0 Å². The van der Waals surface area contributed by atoms with E-state index in [9.17, 15) is 19.3 Å². The molecular weight excluding hydrogens is 313 g/mol. The molecule has 0 unspecified atom stereocenters. The van der Waals surface area contributed by atoms with Crippen LogP contribution in [-0.4, -0.2) is 22.9 Å². The molecular formula is C17H24FN3O3. The van der Waals surface area contributed by atoms with Crippen molar-refractivity contribution in [1.82, 2.24) is 5.32 Å². The van der Waals surface area contributed by atoms with Crippen LogP contribution < -0.4 is 10.6 Å². The Kier molecular flexibility index (Phi) is 5.88. The van der Waals surface area contributed by atoms with E-state index in [1.807, 2.05) is 0 Å². The molecule has 0 aromatic heterocycles. The fourth-order valence-corrected chi connectivity index (χ4v) is 3.19. The topological polar surface area (TPSA) is 84.3 Å². The number of halogens is 1. The van der Waals surface area contributed by atoms with Crippen molar-refractivity contribution in [1.29, 1.82) is 0 Å². The maximum Gasteiger partial charge on any atom is 0.306 e. The molecule has 1 saturated carbocycles. The van der Waals surface area contributed by atoms with Gasteiger partial charge in [0, 0.05) is 17.8 Å². The lowest BCUT2D eigenvalue weighted by molar-refractivity contribution is -0.387. The molecule has 7 heteroatoms. The number of benzene rings is 1. The van der Waals surface area contributed by atoms with Gasteiger partial charge in [0.25, 0.3) is 0 Å². The Morgan fingerprint density at radius 1 is 1.38 bits per heavy atom. The van der Waals surface area contributed by atoms with Crippen LogP contribution >= 0.6 is 0 Å². The zero-order valence-electron chi connectivity index (χ0n) is 14.2. The molecule has 2 N–H and O–H groups in total. The summed E-state index contributed by atoms with van der Waals surface area (Å²) in [5, 5.41) is 16.7. The molecule has 0 bridgehead atoms. The zero-order valence-corrected chi connectivity index (χ0v) is 14.2. The molecule has 4 atom stereocenters. The molecule has 6 nitrogen and oxygen atoms in total. The maximum atomic E-state index is 13.3. The van der Waals surface area contributed by atoms with Gasteiger partial charge in [0.1, 0.15) is 0 Å². The highest BCUT2D eigenvalue weighted by Crippen LogP contribution is 2.29. The van der Waals surface area contributed by atoms with Gasteiger partial charge in [0.2, 0.25) is 11.7 Å². The minimum absolute atomic E-state index is 0.215. The molecule has 0 radical (unpaired) electrons. The van der Waals surface area contributed by atoms with Crippen molar-refractivity contribution < 1.29 is 14.1 Å². The Balaban J connectivity index is 1.99. The third-order valence-corrected chi connectivity index (χ3v) is 4.97. The summed E-state index contributed by atoms with van der Waals surface area (Å²) in [5.41, 5.74) is -0.435. The van der Waals surface area contributed by atoms with Gasteiger partial charge in [-0.1, -0.05) is 26.7 Å². The van der Waals surface area contributed by atoms with Gasteiger partial charge < -0.3 is 10.6 Å². The standard InChI is InChI=1S/C17H24FN3O3/c1-10-5-4-6-15(11(10)2)19-12(3)17(22)20-13-7-8-14(18)16(9-13)21(23)24/h7-12,15,19H,4-6H2,1-3H3,(H,20,22)/t10-,11+,12-,15+/m0/s1. The summed E-state index contributed by atoms with van der Waals surface area (Å²) >= 11 is 0. The number of nitro groups is 1. The van der Waals surface area contributed by atoms with Crippen LogP contribution in [0.5, 0.6) is 0 Å². The number of nitrogens with one attached hydrogen (secondary N) is 2. The summed E-state index contributed by atoms with van der Waals surface area (Å²) in [6.45, 7) is 6.18.